The summed E-state index contributed by atoms with van der Waals surface area (Å²) < 4.78 is 7.00. The lowest BCUT2D eigenvalue weighted by Gasteiger charge is -2.26. The van der Waals surface area contributed by atoms with E-state index in [9.17, 15) is 9.59 Å². The van der Waals surface area contributed by atoms with Gasteiger partial charge in [-0.25, -0.2) is 4.98 Å². The second kappa shape index (κ2) is 14.6. The molecule has 0 saturated carbocycles. The molecule has 0 atom stereocenters. The summed E-state index contributed by atoms with van der Waals surface area (Å²) in [4.78, 5) is 32.3. The number of amides is 1. The number of nitrogens with zero attached hydrogens (tertiary/aromatic N) is 3. The van der Waals surface area contributed by atoms with Crippen molar-refractivity contribution in [1.29, 1.82) is 0 Å². The normalized spacial score (nSPS) is 14.3. The number of hydrogen-bond donors (Lipinski definition) is 1. The number of rotatable bonds is 13. The first-order chi connectivity index (χ1) is 17.0. The summed E-state index contributed by atoms with van der Waals surface area (Å²) in [5.41, 5.74) is 2.57. The Morgan fingerprint density at radius 2 is 2.03 bits per heavy atom. The van der Waals surface area contributed by atoms with E-state index >= 15 is 0 Å². The molecule has 1 N–H and O–H groups in total. The van der Waals surface area contributed by atoms with Crippen LogP contribution in [0.2, 0.25) is 5.02 Å². The van der Waals surface area contributed by atoms with E-state index in [1.54, 1.807) is 23.4 Å². The van der Waals surface area contributed by atoms with E-state index in [1.165, 1.54) is 0 Å². The molecule has 1 saturated heterocycles. The molecular weight excluding hydrogens is 484 g/mol. The highest BCUT2D eigenvalue weighted by molar-refractivity contribution is 7.99. The van der Waals surface area contributed by atoms with Crippen molar-refractivity contribution in [2.75, 3.05) is 45.1 Å². The molecule has 0 aliphatic carbocycles. The molecule has 3 rings (SSSR count). The molecule has 0 bridgehead atoms. The highest BCUT2D eigenvalue weighted by Crippen LogP contribution is 2.20. The van der Waals surface area contributed by atoms with Crippen LogP contribution in [0.25, 0.3) is 0 Å². The summed E-state index contributed by atoms with van der Waals surface area (Å²) in [5, 5.41) is 4.42. The molecule has 1 amide bonds. The molecule has 9 heteroatoms. The summed E-state index contributed by atoms with van der Waals surface area (Å²) in [5.74, 6) is 0.933. The van der Waals surface area contributed by atoms with Crippen molar-refractivity contribution in [1.82, 2.24) is 19.8 Å². The number of benzene rings is 1. The van der Waals surface area contributed by atoms with Crippen LogP contribution >= 0.6 is 23.4 Å². The standard InChI is InChI=1S/C26H37ClN4O3S/c1-3-23-22(19-20-8-6-9-21(27)18-20)25(33)30(2)26(29-23)35-17-5-4-10-24(32)28-11-7-12-31-13-15-34-16-14-31/h6,8-9,18H,3-5,7,10-17,19H2,1-2H3,(H,28,32). The number of carbonyl (C=O) groups is 1. The van der Waals surface area contributed by atoms with Gasteiger partial charge in [-0.2, -0.15) is 0 Å². The molecule has 35 heavy (non-hydrogen) atoms. The lowest BCUT2D eigenvalue weighted by atomic mass is 10.0. The van der Waals surface area contributed by atoms with Gasteiger partial charge in [0.15, 0.2) is 5.16 Å². The van der Waals surface area contributed by atoms with Gasteiger partial charge in [0.05, 0.1) is 18.9 Å². The number of unbranched alkanes of at least 4 members (excludes halogenated alkanes) is 1. The minimum atomic E-state index is -0.00391. The lowest BCUT2D eigenvalue weighted by Crippen LogP contribution is -2.38. The van der Waals surface area contributed by atoms with Gasteiger partial charge in [0.2, 0.25) is 5.91 Å². The fourth-order valence-corrected chi connectivity index (χ4v) is 5.31. The number of carbonyl (C=O) groups excluding carboxylic acids is 1. The minimum Gasteiger partial charge on any atom is -0.379 e. The first-order valence-corrected chi connectivity index (χ1v) is 13.9. The third kappa shape index (κ3) is 8.94. The zero-order chi connectivity index (χ0) is 25.0. The van der Waals surface area contributed by atoms with Crippen LogP contribution < -0.4 is 10.9 Å². The number of morpholine rings is 1. The number of thioether (sulfide) groups is 1. The van der Waals surface area contributed by atoms with Crippen molar-refractivity contribution in [3.63, 3.8) is 0 Å². The molecule has 192 valence electrons. The largest absolute Gasteiger partial charge is 0.379 e. The van der Waals surface area contributed by atoms with E-state index in [-0.39, 0.29) is 11.5 Å². The van der Waals surface area contributed by atoms with Gasteiger partial charge < -0.3 is 10.1 Å². The third-order valence-electron chi connectivity index (χ3n) is 6.14. The van der Waals surface area contributed by atoms with Crippen LogP contribution in [-0.2, 0) is 29.4 Å². The van der Waals surface area contributed by atoms with E-state index in [1.807, 2.05) is 31.2 Å². The zero-order valence-corrected chi connectivity index (χ0v) is 22.4. The van der Waals surface area contributed by atoms with Crippen molar-refractivity contribution in [3.05, 3.63) is 56.5 Å². The van der Waals surface area contributed by atoms with Crippen LogP contribution in [-0.4, -0.2) is 65.5 Å². The zero-order valence-electron chi connectivity index (χ0n) is 20.9. The highest BCUT2D eigenvalue weighted by atomic mass is 35.5. The molecule has 2 aromatic rings. The van der Waals surface area contributed by atoms with E-state index in [0.717, 1.165) is 86.4 Å². The summed E-state index contributed by atoms with van der Waals surface area (Å²) in [6, 6.07) is 7.60. The Labute approximate surface area is 217 Å². The predicted molar refractivity (Wildman–Crippen MR) is 143 cm³/mol. The molecule has 1 aromatic heterocycles. The van der Waals surface area contributed by atoms with Crippen LogP contribution in [0.5, 0.6) is 0 Å². The molecule has 2 heterocycles. The van der Waals surface area contributed by atoms with Gasteiger partial charge in [0.1, 0.15) is 0 Å². The second-order valence-electron chi connectivity index (χ2n) is 8.81. The molecule has 0 unspecified atom stereocenters. The molecular formula is C26H37ClN4O3S. The van der Waals surface area contributed by atoms with E-state index in [0.29, 0.717) is 24.3 Å². The average Bonchev–Trinajstić information content (AvgIpc) is 2.86. The fourth-order valence-electron chi connectivity index (χ4n) is 4.12. The Morgan fingerprint density at radius 1 is 1.23 bits per heavy atom. The van der Waals surface area contributed by atoms with E-state index in [2.05, 4.69) is 10.2 Å². The lowest BCUT2D eigenvalue weighted by molar-refractivity contribution is -0.121. The molecule has 1 fully saturated rings. The summed E-state index contributed by atoms with van der Waals surface area (Å²) >= 11 is 7.69. The average molecular weight is 521 g/mol. The molecule has 7 nitrogen and oxygen atoms in total. The number of nitrogens with one attached hydrogen (secondary N) is 1. The molecule has 0 spiro atoms. The van der Waals surface area contributed by atoms with Gasteiger partial charge in [-0.05, 0) is 49.9 Å². The van der Waals surface area contributed by atoms with Gasteiger partial charge in [-0.1, -0.05) is 42.4 Å². The van der Waals surface area contributed by atoms with Gasteiger partial charge in [-0.15, -0.1) is 0 Å². The quantitative estimate of drug-likeness (QED) is 0.246. The topological polar surface area (TPSA) is 76.5 Å². The number of halogens is 1. The van der Waals surface area contributed by atoms with Crippen LogP contribution in [0, 0.1) is 0 Å². The second-order valence-corrected chi connectivity index (χ2v) is 10.3. The summed E-state index contributed by atoms with van der Waals surface area (Å²) in [7, 11) is 1.78. The summed E-state index contributed by atoms with van der Waals surface area (Å²) in [6.07, 6.45) is 4.44. The number of aryl methyl sites for hydroxylation is 1. The monoisotopic (exact) mass is 520 g/mol. The predicted octanol–water partition coefficient (Wildman–Crippen LogP) is 3.69. The summed E-state index contributed by atoms with van der Waals surface area (Å²) in [6.45, 7) is 7.33. The van der Waals surface area contributed by atoms with Crippen LogP contribution in [0.15, 0.2) is 34.2 Å². The number of hydrogen-bond acceptors (Lipinski definition) is 6. The maximum Gasteiger partial charge on any atom is 0.257 e. The maximum atomic E-state index is 13.1. The van der Waals surface area contributed by atoms with Crippen molar-refractivity contribution in [3.8, 4) is 0 Å². The SMILES string of the molecule is CCc1nc(SCCCCC(=O)NCCCN2CCOCC2)n(C)c(=O)c1Cc1cccc(Cl)c1. The first kappa shape index (κ1) is 27.7. The third-order valence-corrected chi connectivity index (χ3v) is 7.49. The van der Waals surface area contributed by atoms with Gasteiger partial charge in [0.25, 0.3) is 5.56 Å². The number of aromatic nitrogens is 2. The van der Waals surface area contributed by atoms with Crippen molar-refractivity contribution >= 4 is 29.3 Å². The molecule has 1 aliphatic heterocycles. The number of ether oxygens (including phenoxy) is 1. The van der Waals surface area contributed by atoms with Crippen LogP contribution in [0.3, 0.4) is 0 Å². The van der Waals surface area contributed by atoms with Crippen molar-refractivity contribution < 1.29 is 9.53 Å². The Hall–Kier alpha value is -1.87. The fraction of sp³-hybridized carbons (Fsp3) is 0.577. The van der Waals surface area contributed by atoms with Crippen LogP contribution in [0.4, 0.5) is 0 Å². The maximum absolute atomic E-state index is 13.1. The van der Waals surface area contributed by atoms with Crippen molar-refractivity contribution in [2.24, 2.45) is 7.05 Å². The van der Waals surface area contributed by atoms with Crippen molar-refractivity contribution in [2.45, 2.75) is 50.6 Å². The van der Waals surface area contributed by atoms with Gasteiger partial charge in [-0.3, -0.25) is 19.1 Å². The minimum absolute atomic E-state index is 0.00391. The Kier molecular flexibility index (Phi) is 11.6. The smallest absolute Gasteiger partial charge is 0.257 e. The Bertz CT molecular complexity index is 1020. The first-order valence-electron chi connectivity index (χ1n) is 12.5. The molecule has 0 radical (unpaired) electrons. The highest BCUT2D eigenvalue weighted by Gasteiger charge is 2.15. The molecule has 1 aromatic carbocycles. The van der Waals surface area contributed by atoms with Crippen LogP contribution in [0.1, 0.15) is 49.4 Å². The van der Waals surface area contributed by atoms with Gasteiger partial charge in [0, 0.05) is 55.9 Å². The van der Waals surface area contributed by atoms with E-state index < -0.39 is 0 Å². The Balaban J connectivity index is 1.40. The van der Waals surface area contributed by atoms with Gasteiger partial charge >= 0.3 is 0 Å². The Morgan fingerprint density at radius 3 is 2.77 bits per heavy atom. The van der Waals surface area contributed by atoms with E-state index in [4.69, 9.17) is 21.3 Å². The molecule has 1 aliphatic rings.